The number of hydrogen-bond acceptors (Lipinski definition) is 2. The Morgan fingerprint density at radius 3 is 2.85 bits per heavy atom. The summed E-state index contributed by atoms with van der Waals surface area (Å²) in [6, 6.07) is 10.7. The fourth-order valence-corrected chi connectivity index (χ4v) is 3.89. The summed E-state index contributed by atoms with van der Waals surface area (Å²) in [5, 5.41) is 9.28. The molecule has 20 heavy (non-hydrogen) atoms. The Morgan fingerprint density at radius 2 is 2.15 bits per heavy atom. The molecule has 0 aromatic heterocycles. The number of carbonyl (C=O) groups excluding carboxylic acids is 1. The summed E-state index contributed by atoms with van der Waals surface area (Å²) in [6.07, 6.45) is 2.90. The number of carbonyl (C=O) groups is 1. The molecule has 1 aromatic carbocycles. The molecule has 4 atom stereocenters. The van der Waals surface area contributed by atoms with Crippen molar-refractivity contribution in [2.24, 2.45) is 23.7 Å². The van der Waals surface area contributed by atoms with Gasteiger partial charge in [0.2, 0.25) is 0 Å². The molecule has 0 N–H and O–H groups in total. The molecular weight excluding hydrogens is 246 g/mol. The summed E-state index contributed by atoms with van der Waals surface area (Å²) in [6.45, 7) is 4.15. The molecule has 0 bridgehead atoms. The van der Waals surface area contributed by atoms with Gasteiger partial charge in [-0.25, -0.2) is 0 Å². The first kappa shape index (κ1) is 13.4. The Bertz CT molecular complexity index is 569. The van der Waals surface area contributed by atoms with Crippen LogP contribution in [0.2, 0.25) is 0 Å². The van der Waals surface area contributed by atoms with Crippen LogP contribution in [0, 0.1) is 35.0 Å². The molecule has 0 aliphatic heterocycles. The number of ketones is 1. The average Bonchev–Trinajstić information content (AvgIpc) is 3.18. The lowest BCUT2D eigenvalue weighted by Gasteiger charge is -2.13. The first-order valence-corrected chi connectivity index (χ1v) is 7.64. The molecule has 0 amide bonds. The van der Waals surface area contributed by atoms with Gasteiger partial charge in [0.15, 0.2) is 5.78 Å². The molecule has 3 rings (SSSR count). The van der Waals surface area contributed by atoms with Crippen LogP contribution >= 0.6 is 0 Å². The zero-order valence-corrected chi connectivity index (χ0v) is 12.2. The molecule has 2 aliphatic carbocycles. The standard InChI is InChI=1S/C18H21NO/c1-11(2)9-13(10-19)18(20)17-15-8-7-12-5-3-4-6-14(12)16(15)17/h3-6,11,13,15-17H,7-9H2,1-2H3. The third-order valence-electron chi connectivity index (χ3n) is 4.86. The molecule has 1 fully saturated rings. The summed E-state index contributed by atoms with van der Waals surface area (Å²) in [5.41, 5.74) is 2.77. The van der Waals surface area contributed by atoms with Gasteiger partial charge in [0, 0.05) is 5.92 Å². The van der Waals surface area contributed by atoms with Crippen LogP contribution in [0.25, 0.3) is 0 Å². The Balaban J connectivity index is 1.79. The van der Waals surface area contributed by atoms with Crippen LogP contribution in [0.3, 0.4) is 0 Å². The van der Waals surface area contributed by atoms with Crippen LogP contribution in [0.1, 0.15) is 43.7 Å². The van der Waals surface area contributed by atoms with Crippen molar-refractivity contribution in [1.29, 1.82) is 5.26 Å². The molecule has 1 aromatic rings. The van der Waals surface area contributed by atoms with Gasteiger partial charge in [-0.15, -0.1) is 0 Å². The summed E-state index contributed by atoms with van der Waals surface area (Å²) < 4.78 is 0. The van der Waals surface area contributed by atoms with Crippen molar-refractivity contribution in [1.82, 2.24) is 0 Å². The van der Waals surface area contributed by atoms with Crippen LogP contribution in [0.5, 0.6) is 0 Å². The second kappa shape index (κ2) is 5.05. The number of nitrogens with zero attached hydrogens (tertiary/aromatic N) is 1. The van der Waals surface area contributed by atoms with E-state index in [0.29, 0.717) is 24.2 Å². The summed E-state index contributed by atoms with van der Waals surface area (Å²) in [4.78, 5) is 12.6. The maximum absolute atomic E-state index is 12.6. The summed E-state index contributed by atoms with van der Waals surface area (Å²) in [7, 11) is 0. The first-order chi connectivity index (χ1) is 9.63. The van der Waals surface area contributed by atoms with Crippen LogP contribution in [-0.4, -0.2) is 5.78 Å². The minimum Gasteiger partial charge on any atom is -0.298 e. The normalized spacial score (nSPS) is 28.2. The van der Waals surface area contributed by atoms with E-state index in [1.807, 2.05) is 0 Å². The van der Waals surface area contributed by atoms with E-state index in [1.54, 1.807) is 0 Å². The first-order valence-electron chi connectivity index (χ1n) is 7.64. The highest BCUT2D eigenvalue weighted by Gasteiger charge is 2.57. The zero-order chi connectivity index (χ0) is 14.3. The molecular formula is C18H21NO. The van der Waals surface area contributed by atoms with E-state index in [0.717, 1.165) is 12.8 Å². The van der Waals surface area contributed by atoms with Crippen molar-refractivity contribution in [3.05, 3.63) is 35.4 Å². The number of aryl methyl sites for hydroxylation is 1. The third-order valence-corrected chi connectivity index (χ3v) is 4.86. The maximum Gasteiger partial charge on any atom is 0.153 e. The largest absolute Gasteiger partial charge is 0.298 e. The molecule has 0 spiro atoms. The Morgan fingerprint density at radius 1 is 1.40 bits per heavy atom. The van der Waals surface area contributed by atoms with Crippen molar-refractivity contribution < 1.29 is 4.79 Å². The quantitative estimate of drug-likeness (QED) is 0.834. The second-order valence-electron chi connectivity index (χ2n) is 6.67. The predicted octanol–water partition coefficient (Wildman–Crippen LogP) is 3.72. The van der Waals surface area contributed by atoms with Gasteiger partial charge < -0.3 is 0 Å². The monoisotopic (exact) mass is 267 g/mol. The number of hydrogen-bond donors (Lipinski definition) is 0. The van der Waals surface area contributed by atoms with Gasteiger partial charge in [-0.1, -0.05) is 38.1 Å². The van der Waals surface area contributed by atoms with Crippen LogP contribution in [-0.2, 0) is 11.2 Å². The van der Waals surface area contributed by atoms with E-state index in [9.17, 15) is 10.1 Å². The molecule has 104 valence electrons. The molecule has 2 nitrogen and oxygen atoms in total. The number of rotatable bonds is 4. The van der Waals surface area contributed by atoms with Gasteiger partial charge in [-0.3, -0.25) is 4.79 Å². The van der Waals surface area contributed by atoms with Crippen molar-refractivity contribution in [3.8, 4) is 6.07 Å². The predicted molar refractivity (Wildman–Crippen MR) is 78.0 cm³/mol. The molecule has 0 radical (unpaired) electrons. The van der Waals surface area contributed by atoms with Gasteiger partial charge in [-0.05, 0) is 48.1 Å². The summed E-state index contributed by atoms with van der Waals surface area (Å²) in [5.74, 6) is 1.21. The molecule has 0 saturated heterocycles. The second-order valence-corrected chi connectivity index (χ2v) is 6.67. The number of Topliss-reactive ketones (excluding diaryl/α,β-unsaturated/α-hetero) is 1. The van der Waals surface area contributed by atoms with Crippen molar-refractivity contribution in [3.63, 3.8) is 0 Å². The zero-order valence-electron chi connectivity index (χ0n) is 12.2. The molecule has 2 aliphatic rings. The lowest BCUT2D eigenvalue weighted by atomic mass is 9.90. The molecule has 4 unspecified atom stereocenters. The van der Waals surface area contributed by atoms with E-state index >= 15 is 0 Å². The van der Waals surface area contributed by atoms with Gasteiger partial charge in [-0.2, -0.15) is 5.26 Å². The van der Waals surface area contributed by atoms with E-state index in [4.69, 9.17) is 0 Å². The van der Waals surface area contributed by atoms with E-state index in [-0.39, 0.29) is 11.7 Å². The minimum absolute atomic E-state index is 0.113. The topological polar surface area (TPSA) is 40.9 Å². The third kappa shape index (κ3) is 2.16. The Kier molecular flexibility index (Phi) is 3.38. The Labute approximate surface area is 120 Å². The lowest BCUT2D eigenvalue weighted by Crippen LogP contribution is -2.18. The van der Waals surface area contributed by atoms with Gasteiger partial charge in [0.1, 0.15) is 5.92 Å². The Hall–Kier alpha value is -1.62. The van der Waals surface area contributed by atoms with Crippen molar-refractivity contribution in [2.75, 3.05) is 0 Å². The van der Waals surface area contributed by atoms with E-state index in [1.165, 1.54) is 11.1 Å². The molecule has 1 saturated carbocycles. The van der Waals surface area contributed by atoms with Gasteiger partial charge in [0.25, 0.3) is 0 Å². The van der Waals surface area contributed by atoms with Gasteiger partial charge >= 0.3 is 0 Å². The fraction of sp³-hybridized carbons (Fsp3) is 0.556. The van der Waals surface area contributed by atoms with Crippen LogP contribution in [0.15, 0.2) is 24.3 Å². The molecule has 0 heterocycles. The highest BCUT2D eigenvalue weighted by atomic mass is 16.1. The molecule has 2 heteroatoms. The number of fused-ring (bicyclic) bond motifs is 3. The highest BCUT2D eigenvalue weighted by Crippen LogP contribution is 2.60. The van der Waals surface area contributed by atoms with E-state index in [2.05, 4.69) is 44.2 Å². The van der Waals surface area contributed by atoms with E-state index < -0.39 is 5.92 Å². The van der Waals surface area contributed by atoms with Crippen LogP contribution < -0.4 is 0 Å². The van der Waals surface area contributed by atoms with Crippen molar-refractivity contribution in [2.45, 2.75) is 39.0 Å². The highest BCUT2D eigenvalue weighted by molar-refractivity contribution is 5.90. The summed E-state index contributed by atoms with van der Waals surface area (Å²) >= 11 is 0. The number of benzene rings is 1. The minimum atomic E-state index is -0.405. The van der Waals surface area contributed by atoms with Crippen molar-refractivity contribution >= 4 is 5.78 Å². The number of nitriles is 1. The SMILES string of the molecule is CC(C)CC(C#N)C(=O)C1C2CCc3ccccc3C21. The average molecular weight is 267 g/mol. The van der Waals surface area contributed by atoms with Gasteiger partial charge in [0.05, 0.1) is 6.07 Å². The smallest absolute Gasteiger partial charge is 0.153 e. The van der Waals surface area contributed by atoms with Crippen LogP contribution in [0.4, 0.5) is 0 Å². The lowest BCUT2D eigenvalue weighted by molar-refractivity contribution is -0.123. The fourth-order valence-electron chi connectivity index (χ4n) is 3.89. The maximum atomic E-state index is 12.6.